The molecule has 1 aliphatic carbocycles. The average molecular weight is 447 g/mol. The minimum Gasteiger partial charge on any atom is -0.495 e. The van der Waals surface area contributed by atoms with Gasteiger partial charge in [0.2, 0.25) is 5.95 Å². The number of rotatable bonds is 7. The fourth-order valence-corrected chi connectivity index (χ4v) is 3.57. The molecule has 0 aliphatic heterocycles. The van der Waals surface area contributed by atoms with Gasteiger partial charge in [0, 0.05) is 17.8 Å². The number of nitrogens with zero attached hydrogens (tertiary/aromatic N) is 2. The number of aromatic nitrogens is 2. The SMILES string of the molecule is C#CCNC(=O)c1cc(OC)c(Nc2ncc(C(F)(F)F)c(NC3CCCC3)n2)cc1C. The van der Waals surface area contributed by atoms with E-state index in [4.69, 9.17) is 11.2 Å². The molecule has 2 aromatic rings. The van der Waals surface area contributed by atoms with Crippen molar-refractivity contribution < 1.29 is 22.7 Å². The van der Waals surface area contributed by atoms with E-state index in [1.807, 2.05) is 0 Å². The fourth-order valence-electron chi connectivity index (χ4n) is 3.57. The third-order valence-electron chi connectivity index (χ3n) is 5.18. The van der Waals surface area contributed by atoms with E-state index in [1.54, 1.807) is 13.0 Å². The second kappa shape index (κ2) is 9.77. The highest BCUT2D eigenvalue weighted by molar-refractivity contribution is 5.97. The van der Waals surface area contributed by atoms with Gasteiger partial charge in [-0.05, 0) is 37.5 Å². The van der Waals surface area contributed by atoms with E-state index in [0.717, 1.165) is 31.9 Å². The van der Waals surface area contributed by atoms with Gasteiger partial charge in [-0.25, -0.2) is 4.98 Å². The lowest BCUT2D eigenvalue weighted by Crippen LogP contribution is -2.24. The maximum atomic E-state index is 13.5. The summed E-state index contributed by atoms with van der Waals surface area (Å²) < 4.78 is 45.7. The molecule has 1 aromatic heterocycles. The van der Waals surface area contributed by atoms with Crippen LogP contribution in [0.3, 0.4) is 0 Å². The molecule has 0 radical (unpaired) electrons. The second-order valence-electron chi connectivity index (χ2n) is 7.46. The molecule has 0 atom stereocenters. The van der Waals surface area contributed by atoms with E-state index >= 15 is 0 Å². The summed E-state index contributed by atoms with van der Waals surface area (Å²) in [6, 6.07) is 3.09. The summed E-state index contributed by atoms with van der Waals surface area (Å²) in [4.78, 5) is 20.2. The number of carbonyl (C=O) groups is 1. The number of halogens is 3. The van der Waals surface area contributed by atoms with Gasteiger partial charge in [-0.1, -0.05) is 18.8 Å². The monoisotopic (exact) mass is 447 g/mol. The molecule has 3 N–H and O–H groups in total. The summed E-state index contributed by atoms with van der Waals surface area (Å²) in [6.07, 6.45) is 4.86. The lowest BCUT2D eigenvalue weighted by Gasteiger charge is -2.19. The number of benzene rings is 1. The Morgan fingerprint density at radius 3 is 2.66 bits per heavy atom. The molecule has 1 aliphatic rings. The largest absolute Gasteiger partial charge is 0.495 e. The van der Waals surface area contributed by atoms with Crippen molar-refractivity contribution in [1.29, 1.82) is 0 Å². The first-order valence-electron chi connectivity index (χ1n) is 10.1. The highest BCUT2D eigenvalue weighted by atomic mass is 19.4. The molecular formula is C22H24F3N5O2. The third-order valence-corrected chi connectivity index (χ3v) is 5.18. The van der Waals surface area contributed by atoms with Crippen LogP contribution in [0.5, 0.6) is 5.75 Å². The molecule has 0 unspecified atom stereocenters. The molecule has 10 heteroatoms. The van der Waals surface area contributed by atoms with Gasteiger partial charge in [0.25, 0.3) is 5.91 Å². The first-order valence-corrected chi connectivity index (χ1v) is 10.1. The minimum absolute atomic E-state index is 0.0271. The van der Waals surface area contributed by atoms with Gasteiger partial charge in [-0.15, -0.1) is 6.42 Å². The number of aryl methyl sites for hydroxylation is 1. The van der Waals surface area contributed by atoms with Crippen LogP contribution in [0.15, 0.2) is 18.3 Å². The highest BCUT2D eigenvalue weighted by Gasteiger charge is 2.36. The van der Waals surface area contributed by atoms with E-state index in [0.29, 0.717) is 22.6 Å². The van der Waals surface area contributed by atoms with Crippen molar-refractivity contribution >= 4 is 23.4 Å². The molecule has 3 rings (SSSR count). The standard InChI is InChI=1S/C22H24F3N5O2/c1-4-9-26-20(31)15-11-18(32-3)17(10-13(15)2)29-21-27-12-16(22(23,24)25)19(30-21)28-14-7-5-6-8-14/h1,10-12,14H,5-9H2,2-3H3,(H,26,31)(H2,27,28,29,30). The molecule has 1 heterocycles. The van der Waals surface area contributed by atoms with Crippen molar-refractivity contribution in [3.8, 4) is 18.1 Å². The van der Waals surface area contributed by atoms with Crippen LogP contribution in [0.4, 0.5) is 30.6 Å². The topological polar surface area (TPSA) is 88.2 Å². The van der Waals surface area contributed by atoms with Crippen molar-refractivity contribution in [3.63, 3.8) is 0 Å². The Bertz CT molecular complexity index is 1030. The van der Waals surface area contributed by atoms with Crippen LogP contribution in [0.1, 0.15) is 47.2 Å². The molecule has 1 fully saturated rings. The van der Waals surface area contributed by atoms with Gasteiger partial charge in [-0.2, -0.15) is 18.2 Å². The molecule has 0 spiro atoms. The lowest BCUT2D eigenvalue weighted by atomic mass is 10.1. The van der Waals surface area contributed by atoms with Gasteiger partial charge in [0.15, 0.2) is 0 Å². The Hall–Kier alpha value is -3.48. The molecule has 1 aromatic carbocycles. The van der Waals surface area contributed by atoms with Crippen molar-refractivity contribution in [2.75, 3.05) is 24.3 Å². The Morgan fingerprint density at radius 2 is 2.03 bits per heavy atom. The van der Waals surface area contributed by atoms with Crippen LogP contribution in [0, 0.1) is 19.3 Å². The second-order valence-corrected chi connectivity index (χ2v) is 7.46. The molecule has 0 saturated heterocycles. The number of anilines is 3. The number of methoxy groups -OCH3 is 1. The summed E-state index contributed by atoms with van der Waals surface area (Å²) in [7, 11) is 1.42. The first kappa shape index (κ1) is 23.2. The quantitative estimate of drug-likeness (QED) is 0.550. The van der Waals surface area contributed by atoms with Crippen LogP contribution in [-0.4, -0.2) is 35.6 Å². The van der Waals surface area contributed by atoms with E-state index in [1.165, 1.54) is 13.2 Å². The predicted molar refractivity (Wildman–Crippen MR) is 115 cm³/mol. The average Bonchev–Trinajstić information content (AvgIpc) is 3.24. The summed E-state index contributed by atoms with van der Waals surface area (Å²) in [6.45, 7) is 1.80. The van der Waals surface area contributed by atoms with Crippen molar-refractivity contribution in [2.45, 2.75) is 44.8 Å². The Labute approximate surface area is 184 Å². The Kier molecular flexibility index (Phi) is 7.08. The third kappa shape index (κ3) is 5.41. The zero-order valence-corrected chi connectivity index (χ0v) is 17.8. The van der Waals surface area contributed by atoms with E-state index in [2.05, 4.69) is 31.8 Å². The van der Waals surface area contributed by atoms with Crippen molar-refractivity contribution in [3.05, 3.63) is 35.0 Å². The van der Waals surface area contributed by atoms with Crippen molar-refractivity contribution in [1.82, 2.24) is 15.3 Å². The zero-order chi connectivity index (χ0) is 23.3. The van der Waals surface area contributed by atoms with Crippen LogP contribution in [-0.2, 0) is 6.18 Å². The maximum absolute atomic E-state index is 13.5. The summed E-state index contributed by atoms with van der Waals surface area (Å²) in [5.74, 6) is 1.98. The number of hydrogen-bond acceptors (Lipinski definition) is 6. The van der Waals surface area contributed by atoms with Gasteiger partial charge in [-0.3, -0.25) is 4.79 Å². The first-order chi connectivity index (χ1) is 15.2. The van der Waals surface area contributed by atoms with Crippen LogP contribution in [0.2, 0.25) is 0 Å². The molecule has 32 heavy (non-hydrogen) atoms. The van der Waals surface area contributed by atoms with Gasteiger partial charge < -0.3 is 20.7 Å². The van der Waals surface area contributed by atoms with E-state index < -0.39 is 11.7 Å². The van der Waals surface area contributed by atoms with E-state index in [9.17, 15) is 18.0 Å². The normalized spacial score (nSPS) is 14.0. The van der Waals surface area contributed by atoms with E-state index in [-0.39, 0.29) is 30.3 Å². The lowest BCUT2D eigenvalue weighted by molar-refractivity contribution is -0.137. The van der Waals surface area contributed by atoms with Crippen LogP contribution < -0.4 is 20.7 Å². The number of hydrogen-bond donors (Lipinski definition) is 3. The summed E-state index contributed by atoms with van der Waals surface area (Å²) in [5, 5.41) is 8.39. The molecule has 7 nitrogen and oxygen atoms in total. The number of carbonyl (C=O) groups excluding carboxylic acids is 1. The van der Waals surface area contributed by atoms with Gasteiger partial charge >= 0.3 is 6.18 Å². The molecule has 0 bridgehead atoms. The smallest absolute Gasteiger partial charge is 0.421 e. The Balaban J connectivity index is 1.91. The summed E-state index contributed by atoms with van der Waals surface area (Å²) >= 11 is 0. The van der Waals surface area contributed by atoms with Crippen molar-refractivity contribution in [2.24, 2.45) is 0 Å². The maximum Gasteiger partial charge on any atom is 0.421 e. The number of nitrogens with one attached hydrogen (secondary N) is 3. The minimum atomic E-state index is -4.58. The highest BCUT2D eigenvalue weighted by Crippen LogP contribution is 2.36. The number of amides is 1. The molecular weight excluding hydrogens is 423 g/mol. The molecule has 1 saturated carbocycles. The molecule has 170 valence electrons. The van der Waals surface area contributed by atoms with Crippen LogP contribution >= 0.6 is 0 Å². The molecule has 1 amide bonds. The number of ether oxygens (including phenoxy) is 1. The van der Waals surface area contributed by atoms with Gasteiger partial charge in [0.1, 0.15) is 17.1 Å². The number of terminal acetylenes is 1. The van der Waals surface area contributed by atoms with Gasteiger partial charge in [0.05, 0.1) is 19.3 Å². The zero-order valence-electron chi connectivity index (χ0n) is 17.8. The Morgan fingerprint density at radius 1 is 1.31 bits per heavy atom. The van der Waals surface area contributed by atoms with Crippen LogP contribution in [0.25, 0.3) is 0 Å². The number of alkyl halides is 3. The fraction of sp³-hybridized carbons (Fsp3) is 0.409. The summed E-state index contributed by atoms with van der Waals surface area (Å²) in [5.41, 5.74) is 0.460. The predicted octanol–water partition coefficient (Wildman–Crippen LogP) is 4.27.